The van der Waals surface area contributed by atoms with Crippen LogP contribution in [0, 0.1) is 0 Å². The lowest BCUT2D eigenvalue weighted by Crippen LogP contribution is -2.37. The van der Waals surface area contributed by atoms with Crippen molar-refractivity contribution in [2.24, 2.45) is 0 Å². The molecule has 0 spiro atoms. The number of aliphatic hydroxyl groups is 2. The second kappa shape index (κ2) is 7.02. The van der Waals surface area contributed by atoms with Crippen molar-refractivity contribution in [1.29, 1.82) is 0 Å². The Labute approximate surface area is 127 Å². The van der Waals surface area contributed by atoms with Crippen molar-refractivity contribution in [2.45, 2.75) is 25.6 Å². The Hall–Kier alpha value is -2.44. The highest BCUT2D eigenvalue weighted by Crippen LogP contribution is 2.29. The van der Waals surface area contributed by atoms with E-state index in [1.807, 2.05) is 0 Å². The van der Waals surface area contributed by atoms with Gasteiger partial charge in [-0.2, -0.15) is 0 Å². The zero-order valence-electron chi connectivity index (χ0n) is 12.2. The van der Waals surface area contributed by atoms with Crippen LogP contribution in [0.5, 0.6) is 0 Å². The van der Waals surface area contributed by atoms with Crippen LogP contribution in [0.2, 0.25) is 0 Å². The number of carbonyl (C=O) groups is 2. The van der Waals surface area contributed by atoms with Crippen molar-refractivity contribution in [3.05, 3.63) is 59.2 Å². The van der Waals surface area contributed by atoms with Gasteiger partial charge >= 0.3 is 11.9 Å². The van der Waals surface area contributed by atoms with Gasteiger partial charge in [-0.15, -0.1) is 0 Å². The molecule has 2 unspecified atom stereocenters. The summed E-state index contributed by atoms with van der Waals surface area (Å²) in [6, 6.07) is 7.95. The molecule has 22 heavy (non-hydrogen) atoms. The lowest BCUT2D eigenvalue weighted by molar-refractivity contribution is -0.133. The first-order valence-corrected chi connectivity index (χ1v) is 6.49. The first-order chi connectivity index (χ1) is 10.2. The number of benzene rings is 1. The summed E-state index contributed by atoms with van der Waals surface area (Å²) in [5, 5.41) is 38.9. The predicted molar refractivity (Wildman–Crippen MR) is 79.1 cm³/mol. The molecule has 0 saturated carbocycles. The number of carboxylic acid groups (broad SMARTS) is 2. The van der Waals surface area contributed by atoms with Gasteiger partial charge in [-0.05, 0) is 31.6 Å². The van der Waals surface area contributed by atoms with E-state index in [1.54, 1.807) is 18.2 Å². The molecule has 4 N–H and O–H groups in total. The molecule has 0 aliphatic carbocycles. The van der Waals surface area contributed by atoms with Crippen LogP contribution >= 0.6 is 0 Å². The lowest BCUT2D eigenvalue weighted by Gasteiger charge is -2.29. The van der Waals surface area contributed by atoms with Crippen LogP contribution in [0.4, 0.5) is 0 Å². The minimum atomic E-state index is -2.06. The van der Waals surface area contributed by atoms with E-state index in [-0.39, 0.29) is 16.7 Å². The van der Waals surface area contributed by atoms with Crippen molar-refractivity contribution < 1.29 is 30.0 Å². The quantitative estimate of drug-likeness (QED) is 0.589. The molecule has 1 rings (SSSR count). The van der Waals surface area contributed by atoms with Gasteiger partial charge in [-0.25, -0.2) is 9.59 Å². The third kappa shape index (κ3) is 4.03. The Morgan fingerprint density at radius 1 is 1.05 bits per heavy atom. The summed E-state index contributed by atoms with van der Waals surface area (Å²) >= 11 is 0. The second-order valence-electron chi connectivity index (χ2n) is 4.92. The third-order valence-corrected chi connectivity index (χ3v) is 3.21. The summed E-state index contributed by atoms with van der Waals surface area (Å²) in [5.74, 6) is -2.49. The molecule has 118 valence electrons. The number of rotatable bonds is 6. The van der Waals surface area contributed by atoms with E-state index in [9.17, 15) is 19.8 Å². The van der Waals surface area contributed by atoms with Crippen molar-refractivity contribution in [3.8, 4) is 0 Å². The van der Waals surface area contributed by atoms with Gasteiger partial charge in [0.2, 0.25) is 0 Å². The molecular formula is C16H18O6. The third-order valence-electron chi connectivity index (χ3n) is 3.21. The largest absolute Gasteiger partial charge is 0.478 e. The van der Waals surface area contributed by atoms with Crippen LogP contribution in [0.1, 0.15) is 19.4 Å². The Morgan fingerprint density at radius 3 is 2.00 bits per heavy atom. The van der Waals surface area contributed by atoms with Crippen LogP contribution in [-0.2, 0) is 15.2 Å². The van der Waals surface area contributed by atoms with Crippen LogP contribution in [-0.4, -0.2) is 38.5 Å². The molecule has 0 radical (unpaired) electrons. The van der Waals surface area contributed by atoms with Gasteiger partial charge in [0.15, 0.2) is 0 Å². The monoisotopic (exact) mass is 306 g/mol. The maximum absolute atomic E-state index is 11.0. The summed E-state index contributed by atoms with van der Waals surface area (Å²) in [6.07, 6.45) is 0.349. The Balaban J connectivity index is 3.41. The van der Waals surface area contributed by atoms with E-state index >= 15 is 0 Å². The maximum Gasteiger partial charge on any atom is 0.331 e. The van der Waals surface area contributed by atoms with Crippen molar-refractivity contribution in [3.63, 3.8) is 0 Å². The average Bonchev–Trinajstić information content (AvgIpc) is 2.47. The predicted octanol–water partition coefficient (Wildman–Crippen LogP) is 1.30. The van der Waals surface area contributed by atoms with E-state index in [0.29, 0.717) is 0 Å². The highest BCUT2D eigenvalue weighted by atomic mass is 16.4. The Bertz CT molecular complexity index is 617. The fourth-order valence-electron chi connectivity index (χ4n) is 1.87. The summed E-state index contributed by atoms with van der Waals surface area (Å²) < 4.78 is 0. The van der Waals surface area contributed by atoms with Crippen molar-refractivity contribution >= 4 is 11.9 Å². The topological polar surface area (TPSA) is 115 Å². The van der Waals surface area contributed by atoms with Gasteiger partial charge in [0.25, 0.3) is 0 Å². The number of hydrogen-bond donors (Lipinski definition) is 4. The zero-order chi connectivity index (χ0) is 16.9. The minimum Gasteiger partial charge on any atom is -0.478 e. The molecule has 0 aliphatic rings. The number of carboxylic acids is 2. The second-order valence-corrected chi connectivity index (χ2v) is 4.92. The minimum absolute atomic E-state index is 0.164. The van der Waals surface area contributed by atoms with Gasteiger partial charge in [-0.3, -0.25) is 0 Å². The summed E-state index contributed by atoms with van der Waals surface area (Å²) in [5.41, 5.74) is -2.15. The zero-order valence-corrected chi connectivity index (χ0v) is 12.2. The van der Waals surface area contributed by atoms with Crippen LogP contribution in [0.25, 0.3) is 0 Å². The van der Waals surface area contributed by atoms with E-state index in [1.165, 1.54) is 26.0 Å². The Morgan fingerprint density at radius 2 is 1.55 bits per heavy atom. The van der Waals surface area contributed by atoms with E-state index in [4.69, 9.17) is 10.2 Å². The van der Waals surface area contributed by atoms with Gasteiger partial charge in [0.1, 0.15) is 11.7 Å². The highest BCUT2D eigenvalue weighted by Gasteiger charge is 2.35. The highest BCUT2D eigenvalue weighted by molar-refractivity contribution is 5.86. The Kier molecular flexibility index (Phi) is 5.62. The first kappa shape index (κ1) is 17.6. The van der Waals surface area contributed by atoms with Crippen LogP contribution in [0.15, 0.2) is 53.6 Å². The standard InChI is InChI=1S/C16H18O6/c1-10(14(18)19)8-13(17)16(22,9-11(2)15(20)21)12-6-4-3-5-7-12/h3-9,13,17,22H,1-2H3,(H,18,19)(H,20,21). The van der Waals surface area contributed by atoms with Crippen molar-refractivity contribution in [1.82, 2.24) is 0 Å². The number of hydrogen-bond acceptors (Lipinski definition) is 4. The molecule has 6 heteroatoms. The summed E-state index contributed by atoms with van der Waals surface area (Å²) in [7, 11) is 0. The molecule has 0 saturated heterocycles. The summed E-state index contributed by atoms with van der Waals surface area (Å²) in [4.78, 5) is 21.8. The molecule has 0 bridgehead atoms. The molecule has 0 amide bonds. The van der Waals surface area contributed by atoms with Crippen LogP contribution in [0.3, 0.4) is 0 Å². The normalized spacial score (nSPS) is 16.7. The van der Waals surface area contributed by atoms with E-state index in [2.05, 4.69) is 0 Å². The van der Waals surface area contributed by atoms with Gasteiger partial charge in [0, 0.05) is 11.1 Å². The van der Waals surface area contributed by atoms with Gasteiger partial charge in [-0.1, -0.05) is 30.3 Å². The lowest BCUT2D eigenvalue weighted by atomic mass is 9.85. The molecule has 6 nitrogen and oxygen atoms in total. The molecule has 0 heterocycles. The molecular weight excluding hydrogens is 288 g/mol. The van der Waals surface area contributed by atoms with Crippen molar-refractivity contribution in [2.75, 3.05) is 0 Å². The molecule has 1 aromatic rings. The fourth-order valence-corrected chi connectivity index (χ4v) is 1.87. The van der Waals surface area contributed by atoms with Gasteiger partial charge < -0.3 is 20.4 Å². The number of aliphatic hydroxyl groups excluding tert-OH is 1. The molecule has 0 fully saturated rings. The molecule has 1 aromatic carbocycles. The average molecular weight is 306 g/mol. The summed E-state index contributed by atoms with van der Waals surface area (Å²) in [6.45, 7) is 2.54. The van der Waals surface area contributed by atoms with E-state index < -0.39 is 23.6 Å². The van der Waals surface area contributed by atoms with Crippen LogP contribution < -0.4 is 0 Å². The first-order valence-electron chi connectivity index (χ1n) is 6.49. The van der Waals surface area contributed by atoms with E-state index in [0.717, 1.165) is 12.2 Å². The molecule has 2 atom stereocenters. The maximum atomic E-state index is 11.0. The molecule has 0 aliphatic heterocycles. The van der Waals surface area contributed by atoms with Gasteiger partial charge in [0.05, 0.1) is 0 Å². The molecule has 0 aromatic heterocycles. The fraction of sp³-hybridized carbons (Fsp3) is 0.250. The SMILES string of the molecule is CC(=CC(O)C(O)(C=C(C)C(=O)O)c1ccccc1)C(=O)O. The smallest absolute Gasteiger partial charge is 0.331 e. The number of aliphatic carboxylic acids is 2.